The molecular formula is C30H34ClNO11. The lowest BCUT2D eigenvalue weighted by atomic mass is 9.80. The summed E-state index contributed by atoms with van der Waals surface area (Å²) in [6.45, 7) is 3.27. The largest absolute Gasteiger partial charge is 0.491 e. The van der Waals surface area contributed by atoms with Gasteiger partial charge in [0.15, 0.2) is 5.78 Å². The average Bonchev–Trinajstić information content (AvgIpc) is 3.60. The van der Waals surface area contributed by atoms with Crippen LogP contribution in [0.3, 0.4) is 0 Å². The first-order chi connectivity index (χ1) is 20.7. The highest BCUT2D eigenvalue weighted by Crippen LogP contribution is 2.44. The van der Waals surface area contributed by atoms with E-state index in [1.807, 2.05) is 36.4 Å². The predicted octanol–water partition coefficient (Wildman–Crippen LogP) is -2.37. The summed E-state index contributed by atoms with van der Waals surface area (Å²) in [6, 6.07) is 10.5. The second kappa shape index (κ2) is 14.1. The quantitative estimate of drug-likeness (QED) is 0.208. The van der Waals surface area contributed by atoms with Crippen molar-refractivity contribution in [3.63, 3.8) is 0 Å². The Morgan fingerprint density at radius 3 is 1.67 bits per heavy atom. The van der Waals surface area contributed by atoms with Gasteiger partial charge in [-0.3, -0.25) is 4.79 Å². The highest BCUT2D eigenvalue weighted by molar-refractivity contribution is 6.13. The van der Waals surface area contributed by atoms with E-state index >= 15 is 0 Å². The van der Waals surface area contributed by atoms with E-state index in [-0.39, 0.29) is 17.6 Å². The summed E-state index contributed by atoms with van der Waals surface area (Å²) in [7, 11) is -4.94. The zero-order valence-corrected chi connectivity index (χ0v) is 24.2. The van der Waals surface area contributed by atoms with Crippen molar-refractivity contribution in [2.24, 2.45) is 17.8 Å². The molecule has 1 fully saturated rings. The highest BCUT2D eigenvalue weighted by Gasteiger charge is 2.44. The molecule has 0 spiro atoms. The molecule has 0 aromatic heterocycles. The van der Waals surface area contributed by atoms with Crippen LogP contribution in [0.15, 0.2) is 48.6 Å². The monoisotopic (exact) mass is 619 g/mol. The summed E-state index contributed by atoms with van der Waals surface area (Å²) < 4.78 is 63.2. The standard InChI is InChI=1S/C30H33NO7.ClHO4/c32-29-21-3-1-5-24-26(21)28(31-30(33)23-18-19-7-8-20(23)17-19)27-22(29)4-2-6-25(27)38-16-14-36-12-10-34-9-11-35-13-15-37-24;2-1(3,4)5/h1-8,19-20,23,28H,9-18H2,(H,31,33);(H,2,3,4,5)/t19-,20+,23-;/m1./s1. The lowest BCUT2D eigenvalue weighted by Crippen LogP contribution is -2.77. The number of fused-ring (bicyclic) bond motifs is 2. The van der Waals surface area contributed by atoms with Crippen LogP contribution in [0.1, 0.15) is 45.9 Å². The van der Waals surface area contributed by atoms with Crippen molar-refractivity contribution in [3.8, 4) is 11.5 Å². The average molecular weight is 620 g/mol. The molecule has 4 bridgehead atoms. The van der Waals surface area contributed by atoms with Crippen LogP contribution in [0, 0.1) is 28.0 Å². The van der Waals surface area contributed by atoms with Crippen molar-refractivity contribution in [1.82, 2.24) is 0 Å². The van der Waals surface area contributed by atoms with E-state index in [4.69, 9.17) is 42.3 Å². The maximum absolute atomic E-state index is 13.7. The number of ether oxygens (including phenoxy) is 5. The zero-order valence-electron chi connectivity index (χ0n) is 23.4. The molecule has 43 heavy (non-hydrogen) atoms. The van der Waals surface area contributed by atoms with Gasteiger partial charge in [-0.2, -0.15) is 0 Å². The van der Waals surface area contributed by atoms with Crippen LogP contribution in [0.2, 0.25) is 0 Å². The SMILES string of the molecule is O=C1c2cccc3c2C([NH+]=C(O)[C@@H]2C[C@@H]4C=C[C@H]2C4)c2c(cccc21)OCCOCCOCCOCCO3.[O-][Cl+3]([O-])([O-])[O-]. The number of benzene rings is 2. The van der Waals surface area contributed by atoms with Gasteiger partial charge in [-0.25, -0.2) is 23.6 Å². The minimum atomic E-state index is -4.94. The number of rotatable bonds is 2. The van der Waals surface area contributed by atoms with E-state index in [1.165, 1.54) is 0 Å². The van der Waals surface area contributed by atoms with Gasteiger partial charge in [0, 0.05) is 11.1 Å². The van der Waals surface area contributed by atoms with Crippen molar-refractivity contribution < 1.29 is 67.5 Å². The number of allylic oxidation sites excluding steroid dienone is 2. The first-order valence-electron chi connectivity index (χ1n) is 14.1. The van der Waals surface area contributed by atoms with Crippen molar-refractivity contribution in [2.75, 3.05) is 52.9 Å². The molecule has 2 aromatic rings. The summed E-state index contributed by atoms with van der Waals surface area (Å²) in [6.07, 6.45) is 6.46. The van der Waals surface area contributed by atoms with Gasteiger partial charge in [0.25, 0.3) is 0 Å². The van der Waals surface area contributed by atoms with E-state index in [1.54, 1.807) is 0 Å². The second-order valence-electron chi connectivity index (χ2n) is 10.5. The highest BCUT2D eigenvalue weighted by atomic mass is 35.7. The molecule has 0 unspecified atom stereocenters. The van der Waals surface area contributed by atoms with Crippen LogP contribution in [-0.2, 0) is 14.2 Å². The fourth-order valence-electron chi connectivity index (χ4n) is 6.08. The molecule has 1 aliphatic heterocycles. The Bertz CT molecular complexity index is 1270. The van der Waals surface area contributed by atoms with Crippen LogP contribution in [0.5, 0.6) is 11.5 Å². The van der Waals surface area contributed by atoms with Crippen LogP contribution in [-0.4, -0.2) is 69.6 Å². The smallest absolute Gasteiger partial charge is 0.336 e. The molecule has 0 amide bonds. The van der Waals surface area contributed by atoms with Crippen molar-refractivity contribution in [1.29, 1.82) is 0 Å². The van der Waals surface area contributed by atoms with E-state index < -0.39 is 16.3 Å². The Morgan fingerprint density at radius 2 is 1.23 bits per heavy atom. The normalized spacial score (nSPS) is 24.7. The van der Waals surface area contributed by atoms with Gasteiger partial charge in [-0.15, -0.1) is 10.2 Å². The molecule has 0 radical (unpaired) electrons. The van der Waals surface area contributed by atoms with E-state index in [0.717, 1.165) is 12.8 Å². The third-order valence-corrected chi connectivity index (χ3v) is 7.84. The molecule has 3 atom stereocenters. The summed E-state index contributed by atoms with van der Waals surface area (Å²) >= 11 is 0. The Kier molecular flexibility index (Phi) is 10.3. The van der Waals surface area contributed by atoms with Gasteiger partial charge in [0.1, 0.15) is 24.7 Å². The number of carbonyl (C=O) groups is 1. The number of halogens is 1. The number of aliphatic hydroxyl groups is 1. The predicted molar refractivity (Wildman–Crippen MR) is 139 cm³/mol. The number of ketones is 1. The molecule has 3 aliphatic carbocycles. The van der Waals surface area contributed by atoms with Gasteiger partial charge in [0.05, 0.1) is 56.7 Å². The third-order valence-electron chi connectivity index (χ3n) is 7.84. The van der Waals surface area contributed by atoms with Gasteiger partial charge in [-0.05, 0) is 36.8 Å². The van der Waals surface area contributed by atoms with Crippen molar-refractivity contribution >= 4 is 11.7 Å². The van der Waals surface area contributed by atoms with E-state index in [9.17, 15) is 9.90 Å². The molecule has 0 saturated heterocycles. The number of hydrogen-bond acceptors (Lipinski definition) is 10. The van der Waals surface area contributed by atoms with Gasteiger partial charge < -0.3 is 28.8 Å². The maximum Gasteiger partial charge on any atom is 0.336 e. The van der Waals surface area contributed by atoms with Gasteiger partial charge >= 0.3 is 5.90 Å². The molecule has 6 rings (SSSR count). The maximum atomic E-state index is 13.7. The van der Waals surface area contributed by atoms with E-state index in [2.05, 4.69) is 17.1 Å². The number of nitrogens with one attached hydrogen (secondary N) is 1. The first kappa shape index (κ1) is 31.4. The molecule has 13 heteroatoms. The van der Waals surface area contributed by atoms with Crippen LogP contribution in [0.25, 0.3) is 0 Å². The Labute approximate surface area is 250 Å². The lowest BCUT2D eigenvalue weighted by molar-refractivity contribution is -2.00. The number of carbonyl (C=O) groups excluding carboxylic acids is 1. The summed E-state index contributed by atoms with van der Waals surface area (Å²) in [4.78, 5) is 17.2. The molecule has 2 aromatic carbocycles. The van der Waals surface area contributed by atoms with E-state index in [0.29, 0.717) is 98.4 Å². The lowest BCUT2D eigenvalue weighted by Gasteiger charge is -2.26. The summed E-state index contributed by atoms with van der Waals surface area (Å²) in [5.74, 6) is 2.19. The molecule has 1 heterocycles. The Morgan fingerprint density at radius 1 is 0.744 bits per heavy atom. The molecule has 12 nitrogen and oxygen atoms in total. The second-order valence-corrected chi connectivity index (χ2v) is 11.3. The third kappa shape index (κ3) is 7.91. The Hall–Kier alpha value is -3.07. The molecule has 2 N–H and O–H groups in total. The molecule has 232 valence electrons. The number of aliphatic hydroxyl groups excluding tert-OH is 1. The molecule has 4 aliphatic rings. The van der Waals surface area contributed by atoms with Gasteiger partial charge in [-0.1, -0.05) is 36.4 Å². The first-order valence-corrected chi connectivity index (χ1v) is 15.4. The Balaban J connectivity index is 0.000000682. The zero-order chi connectivity index (χ0) is 30.4. The topological polar surface area (TPSA) is 190 Å². The minimum Gasteiger partial charge on any atom is -0.491 e. The van der Waals surface area contributed by atoms with Crippen LogP contribution < -0.4 is 33.1 Å². The fourth-order valence-corrected chi connectivity index (χ4v) is 6.08. The number of hydrogen-bond donors (Lipinski definition) is 2. The fraction of sp³-hybridized carbons (Fsp3) is 0.467. The minimum absolute atomic E-state index is 0.0326. The molecular weight excluding hydrogens is 586 g/mol. The van der Waals surface area contributed by atoms with Crippen LogP contribution in [0.4, 0.5) is 0 Å². The molecule has 1 saturated carbocycles. The van der Waals surface area contributed by atoms with Crippen molar-refractivity contribution in [2.45, 2.75) is 18.9 Å². The van der Waals surface area contributed by atoms with Crippen molar-refractivity contribution in [3.05, 3.63) is 70.8 Å². The van der Waals surface area contributed by atoms with Gasteiger partial charge in [0.2, 0.25) is 6.04 Å². The van der Waals surface area contributed by atoms with Crippen LogP contribution >= 0.6 is 0 Å². The summed E-state index contributed by atoms with van der Waals surface area (Å²) in [5, 5.41) is 11.4. The summed E-state index contributed by atoms with van der Waals surface area (Å²) in [5.41, 5.74) is 2.51.